The maximum atomic E-state index is 13.8. The normalized spacial score (nSPS) is 26.0. The molecule has 13 atom stereocenters. The maximum absolute atomic E-state index is 13.8. The van der Waals surface area contributed by atoms with Crippen LogP contribution in [0.25, 0.3) is 29.2 Å². The Bertz CT molecular complexity index is 2050. The molecule has 3 aromatic rings. The number of methoxy groups -OCH3 is 3. The van der Waals surface area contributed by atoms with Gasteiger partial charge in [-0.15, -0.1) is 0 Å². The van der Waals surface area contributed by atoms with Crippen LogP contribution in [-0.4, -0.2) is 119 Å². The Hall–Kier alpha value is -5.21. The number of hydrogen-bond donors (Lipinski definition) is 3. The van der Waals surface area contributed by atoms with Crippen LogP contribution < -0.4 is 5.73 Å². The van der Waals surface area contributed by atoms with E-state index in [1.807, 2.05) is 40.7 Å². The zero-order chi connectivity index (χ0) is 48.7. The molecule has 2 amide bonds. The third-order valence-electron chi connectivity index (χ3n) is 12.5. The average Bonchev–Trinajstić information content (AvgIpc) is 4.08. The molecule has 0 unspecified atom stereocenters. The summed E-state index contributed by atoms with van der Waals surface area (Å²) < 4.78 is 46.0. The van der Waals surface area contributed by atoms with Gasteiger partial charge in [-0.2, -0.15) is 0 Å². The summed E-state index contributed by atoms with van der Waals surface area (Å²) in [5.41, 5.74) is 6.48. The number of carbonyl (C=O) groups is 4. The monoisotopic (exact) mass is 927 g/mol. The molecule has 0 spiro atoms. The highest BCUT2D eigenvalue weighted by molar-refractivity contribution is 5.81. The lowest BCUT2D eigenvalue weighted by atomic mass is 9.84. The number of amides is 2. The van der Waals surface area contributed by atoms with E-state index >= 15 is 0 Å². The molecule has 1 aliphatic heterocycles. The summed E-state index contributed by atoms with van der Waals surface area (Å²) in [5.74, 6) is -2.37. The van der Waals surface area contributed by atoms with Crippen molar-refractivity contribution < 1.29 is 66.3 Å². The van der Waals surface area contributed by atoms with Crippen molar-refractivity contribution in [1.82, 2.24) is 19.9 Å². The molecule has 4 rings (SSSR count). The number of cyclic esters (lactones) is 1. The second kappa shape index (κ2) is 25.6. The van der Waals surface area contributed by atoms with E-state index < -0.39 is 72.5 Å². The largest absolute Gasteiger partial charge is 0.462 e. The first-order valence-electron chi connectivity index (χ1n) is 22.4. The van der Waals surface area contributed by atoms with Crippen molar-refractivity contribution in [3.63, 3.8) is 0 Å². The highest BCUT2D eigenvalue weighted by atomic mass is 16.6. The first-order chi connectivity index (χ1) is 31.4. The van der Waals surface area contributed by atoms with Crippen LogP contribution in [0.2, 0.25) is 0 Å². The Morgan fingerprint density at radius 2 is 1.62 bits per heavy atom. The van der Waals surface area contributed by atoms with Crippen LogP contribution in [0.15, 0.2) is 50.4 Å². The number of aliphatic hydroxyl groups is 2. The second-order valence-electron chi connectivity index (χ2n) is 17.7. The van der Waals surface area contributed by atoms with E-state index in [4.69, 9.17) is 42.7 Å². The van der Waals surface area contributed by atoms with Gasteiger partial charge in [0.05, 0.1) is 30.8 Å². The fraction of sp³-hybridized carbons (Fsp3) is 0.638. The van der Waals surface area contributed by atoms with Crippen molar-refractivity contribution in [3.05, 3.63) is 48.7 Å². The zero-order valence-electron chi connectivity index (χ0n) is 39.7. The fourth-order valence-electron chi connectivity index (χ4n) is 8.39. The molecule has 0 radical (unpaired) electrons. The number of aromatic nitrogens is 3. The van der Waals surface area contributed by atoms with Crippen LogP contribution in [0.4, 0.5) is 4.79 Å². The molecular weight excluding hydrogens is 859 g/mol. The smallest absolute Gasteiger partial charge is 0.404 e. The molecule has 366 valence electrons. The number of hydrogen-bond acceptors (Lipinski definition) is 17. The van der Waals surface area contributed by atoms with E-state index in [0.717, 1.165) is 0 Å². The minimum absolute atomic E-state index is 0.00289. The molecule has 19 nitrogen and oxygen atoms in total. The summed E-state index contributed by atoms with van der Waals surface area (Å²) in [6.07, 6.45) is 6.09. The number of rotatable bonds is 16. The number of nitrogens with zero attached hydrogens (tertiary/aromatic N) is 4. The number of fused-ring (bicyclic) bond motifs is 8. The van der Waals surface area contributed by atoms with Crippen molar-refractivity contribution in [2.45, 2.75) is 129 Å². The summed E-state index contributed by atoms with van der Waals surface area (Å²) >= 11 is 0. The van der Waals surface area contributed by atoms with Crippen molar-refractivity contribution in [2.75, 3.05) is 28.4 Å². The molecule has 1 aliphatic rings. The topological polar surface area (TPSA) is 262 Å². The Labute approximate surface area is 386 Å². The highest BCUT2D eigenvalue weighted by Crippen LogP contribution is 2.34. The zero-order valence-corrected chi connectivity index (χ0v) is 39.7. The van der Waals surface area contributed by atoms with Crippen LogP contribution in [0, 0.1) is 35.5 Å². The van der Waals surface area contributed by atoms with Crippen molar-refractivity contribution in [1.29, 1.82) is 0 Å². The van der Waals surface area contributed by atoms with Gasteiger partial charge < -0.3 is 57.8 Å². The van der Waals surface area contributed by atoms with Gasteiger partial charge in [0.25, 0.3) is 0 Å². The maximum Gasteiger partial charge on any atom is 0.404 e. The number of aliphatic hydroxyl groups excluding tert-OH is 2. The van der Waals surface area contributed by atoms with Gasteiger partial charge in [0.15, 0.2) is 11.4 Å². The van der Waals surface area contributed by atoms with Crippen LogP contribution >= 0.6 is 0 Å². The van der Waals surface area contributed by atoms with Crippen molar-refractivity contribution in [3.8, 4) is 23.2 Å². The van der Waals surface area contributed by atoms with Crippen LogP contribution in [0.1, 0.15) is 104 Å². The lowest BCUT2D eigenvalue weighted by Gasteiger charge is -2.33. The molecule has 0 saturated carbocycles. The van der Waals surface area contributed by atoms with Gasteiger partial charge in [0.2, 0.25) is 24.1 Å². The number of Topliss-reactive ketones (excluding diaryl/α,β-unsaturated/α-hetero) is 1. The molecular formula is C47H69N5O14. The van der Waals surface area contributed by atoms with Gasteiger partial charge in [-0.25, -0.2) is 19.7 Å². The number of ketones is 1. The average molecular weight is 928 g/mol. The first kappa shape index (κ1) is 53.4. The number of ether oxygens (including phenoxy) is 5. The van der Waals surface area contributed by atoms with Crippen LogP contribution in [0.5, 0.6) is 0 Å². The highest BCUT2D eigenvalue weighted by Gasteiger charge is 2.35. The number of carbonyl (C=O) groups excluding carboxylic acids is 4. The Morgan fingerprint density at radius 1 is 0.939 bits per heavy atom. The molecule has 0 saturated heterocycles. The molecule has 3 aromatic heterocycles. The van der Waals surface area contributed by atoms with E-state index in [9.17, 15) is 29.4 Å². The van der Waals surface area contributed by atoms with E-state index in [-0.39, 0.29) is 79.7 Å². The molecule has 0 aliphatic carbocycles. The molecule has 0 fully saturated rings. The van der Waals surface area contributed by atoms with Crippen LogP contribution in [-0.2, 0) is 38.1 Å². The van der Waals surface area contributed by atoms with Gasteiger partial charge in [-0.1, -0.05) is 53.7 Å². The Morgan fingerprint density at radius 3 is 2.29 bits per heavy atom. The SMILES string of the molecule is CO[C@H]([C@H](C)C(=O)CC[C@@H](C)[C@H](C[C@H]1OC(=O)C[C@@H](OC(N)=O)C[C@H](C)C[C@H](O)[C@H](C)[C@@H](OC)c2coc(n2)-c2coc(n2)-c2coc(n2)C=CC[C@@H](O)[C@@H]1C)OC)[C@@H](C)/C=C/N(C)C=O. The minimum Gasteiger partial charge on any atom is -0.462 e. The van der Waals surface area contributed by atoms with Gasteiger partial charge in [0.1, 0.15) is 48.6 Å². The molecule has 4 N–H and O–H groups in total. The van der Waals surface area contributed by atoms with Gasteiger partial charge >= 0.3 is 12.1 Å². The predicted molar refractivity (Wildman–Crippen MR) is 240 cm³/mol. The van der Waals surface area contributed by atoms with Crippen molar-refractivity contribution >= 4 is 30.3 Å². The number of oxazole rings is 3. The summed E-state index contributed by atoms with van der Waals surface area (Å²) in [4.78, 5) is 65.4. The predicted octanol–water partition coefficient (Wildman–Crippen LogP) is 6.54. The van der Waals surface area contributed by atoms with Crippen LogP contribution in [0.3, 0.4) is 0 Å². The Kier molecular flexibility index (Phi) is 20.7. The van der Waals surface area contributed by atoms with E-state index in [2.05, 4.69) is 15.0 Å². The van der Waals surface area contributed by atoms with Crippen molar-refractivity contribution in [2.24, 2.45) is 41.2 Å². The summed E-state index contributed by atoms with van der Waals surface area (Å²) in [6.45, 7) is 11.1. The number of primary amides is 1. The van der Waals surface area contributed by atoms with E-state index in [1.54, 1.807) is 46.5 Å². The number of esters is 1. The second-order valence-corrected chi connectivity index (χ2v) is 17.7. The molecule has 66 heavy (non-hydrogen) atoms. The summed E-state index contributed by atoms with van der Waals surface area (Å²) in [5, 5.41) is 22.9. The lowest BCUT2D eigenvalue weighted by Crippen LogP contribution is -2.39. The number of nitrogens with two attached hydrogens (primary N) is 1. The third kappa shape index (κ3) is 15.2. The van der Waals surface area contributed by atoms with Gasteiger partial charge in [-0.05, 0) is 43.6 Å². The van der Waals surface area contributed by atoms with E-state index in [1.165, 1.54) is 30.8 Å². The quantitative estimate of drug-likeness (QED) is 0.102. The standard InChI is InChI=1S/C47H69N5O14/c1-26-18-32(65-47(48)58)20-42(57)66-40(21-39(59-8)27(2)14-15-37(55)30(5)43(60-9)28(3)16-17-52(7)25-53)29(4)36(54)12-11-13-41-49-34(23-62-41)45-51-35(24-64-45)46-50-33(22-63-46)44(61-10)31(6)38(56)19-26/h11,13,16-17,22-32,36,38-40,43-44,54,56H,12,14-15,18-21H2,1-10H3,(H2,48,58)/b13-11?,17-16+/t26-,27+,28-,29-,30+,31-,32-,36+,38-,39-,40+,43-,44+/m0/s1. The molecule has 19 heteroatoms. The first-order valence-corrected chi connectivity index (χ1v) is 22.4. The lowest BCUT2D eigenvalue weighted by molar-refractivity contribution is -0.159. The Balaban J connectivity index is 1.58. The minimum atomic E-state index is -1.07. The molecule has 6 bridgehead atoms. The summed E-state index contributed by atoms with van der Waals surface area (Å²) in [6, 6.07) is 0. The van der Waals surface area contributed by atoms with Gasteiger partial charge in [0, 0.05) is 71.1 Å². The van der Waals surface area contributed by atoms with Gasteiger partial charge in [-0.3, -0.25) is 14.4 Å². The molecule has 0 aromatic carbocycles. The summed E-state index contributed by atoms with van der Waals surface area (Å²) in [7, 11) is 6.22. The fourth-order valence-corrected chi connectivity index (χ4v) is 8.39. The third-order valence-corrected chi connectivity index (χ3v) is 12.5. The van der Waals surface area contributed by atoms with E-state index in [0.29, 0.717) is 29.9 Å². The molecule has 4 heterocycles.